The van der Waals surface area contributed by atoms with Crippen LogP contribution in [0, 0.1) is 5.82 Å². The molecular weight excluding hydrogens is 207 g/mol. The molecule has 16 heavy (non-hydrogen) atoms. The number of rotatable bonds is 3. The van der Waals surface area contributed by atoms with Crippen LogP contribution in [0.2, 0.25) is 0 Å². The summed E-state index contributed by atoms with van der Waals surface area (Å²) in [7, 11) is 0. The van der Waals surface area contributed by atoms with Crippen LogP contribution >= 0.6 is 0 Å². The Labute approximate surface area is 92.7 Å². The summed E-state index contributed by atoms with van der Waals surface area (Å²) in [5, 5.41) is 6.87. The van der Waals surface area contributed by atoms with Gasteiger partial charge in [0, 0.05) is 18.0 Å². The molecule has 3 N–H and O–H groups in total. The average molecular weight is 220 g/mol. The molecule has 0 bridgehead atoms. The van der Waals surface area contributed by atoms with Crippen LogP contribution in [-0.4, -0.2) is 21.2 Å². The van der Waals surface area contributed by atoms with Crippen molar-refractivity contribution in [3.05, 3.63) is 35.9 Å². The first-order valence-corrected chi connectivity index (χ1v) is 5.08. The van der Waals surface area contributed by atoms with Gasteiger partial charge in [-0.25, -0.2) is 9.37 Å². The van der Waals surface area contributed by atoms with E-state index in [2.05, 4.69) is 15.2 Å². The van der Waals surface area contributed by atoms with Crippen LogP contribution < -0.4 is 5.73 Å². The quantitative estimate of drug-likeness (QED) is 0.823. The summed E-state index contributed by atoms with van der Waals surface area (Å²) in [6.45, 7) is 1.90. The Morgan fingerprint density at radius 2 is 2.06 bits per heavy atom. The number of aromatic nitrogens is 3. The second-order valence-corrected chi connectivity index (χ2v) is 3.79. The highest BCUT2D eigenvalue weighted by Gasteiger charge is 2.07. The number of nitrogens with zero attached hydrogens (tertiary/aromatic N) is 2. The lowest BCUT2D eigenvalue weighted by molar-refractivity contribution is 0.628. The fraction of sp³-hybridized carbons (Fsp3) is 0.273. The average Bonchev–Trinajstić information content (AvgIpc) is 2.66. The van der Waals surface area contributed by atoms with Crippen molar-refractivity contribution in [1.29, 1.82) is 0 Å². The second-order valence-electron chi connectivity index (χ2n) is 3.79. The molecule has 0 saturated carbocycles. The lowest BCUT2D eigenvalue weighted by Gasteiger charge is -1.98. The summed E-state index contributed by atoms with van der Waals surface area (Å²) in [6.07, 6.45) is 0.647. The monoisotopic (exact) mass is 220 g/mol. The molecule has 1 unspecified atom stereocenters. The molecule has 0 spiro atoms. The summed E-state index contributed by atoms with van der Waals surface area (Å²) in [6, 6.07) is 6.10. The highest BCUT2D eigenvalue weighted by Crippen LogP contribution is 2.15. The van der Waals surface area contributed by atoms with E-state index in [4.69, 9.17) is 5.73 Å². The van der Waals surface area contributed by atoms with Crippen molar-refractivity contribution < 1.29 is 4.39 Å². The van der Waals surface area contributed by atoms with Crippen molar-refractivity contribution in [1.82, 2.24) is 15.2 Å². The number of hydrogen-bond acceptors (Lipinski definition) is 3. The second kappa shape index (κ2) is 4.40. The van der Waals surface area contributed by atoms with Crippen LogP contribution in [0.1, 0.15) is 12.7 Å². The minimum atomic E-state index is -0.268. The van der Waals surface area contributed by atoms with Gasteiger partial charge in [-0.1, -0.05) is 0 Å². The summed E-state index contributed by atoms with van der Waals surface area (Å²) in [4.78, 5) is 4.28. The predicted octanol–water partition coefficient (Wildman–Crippen LogP) is 1.50. The third-order valence-electron chi connectivity index (χ3n) is 2.15. The van der Waals surface area contributed by atoms with E-state index in [-0.39, 0.29) is 11.9 Å². The van der Waals surface area contributed by atoms with Crippen LogP contribution in [0.4, 0.5) is 4.39 Å². The first-order chi connectivity index (χ1) is 7.65. The lowest BCUT2D eigenvalue weighted by atomic mass is 10.2. The molecule has 0 radical (unpaired) electrons. The van der Waals surface area contributed by atoms with Crippen molar-refractivity contribution in [3.8, 4) is 11.4 Å². The van der Waals surface area contributed by atoms with Gasteiger partial charge in [-0.05, 0) is 31.2 Å². The molecule has 0 saturated heterocycles. The molecule has 1 aromatic heterocycles. The fourth-order valence-electron chi connectivity index (χ4n) is 1.42. The largest absolute Gasteiger partial charge is 0.328 e. The molecule has 0 aliphatic rings. The minimum Gasteiger partial charge on any atom is -0.328 e. The maximum Gasteiger partial charge on any atom is 0.181 e. The highest BCUT2D eigenvalue weighted by molar-refractivity contribution is 5.53. The summed E-state index contributed by atoms with van der Waals surface area (Å²) >= 11 is 0. The maximum atomic E-state index is 12.7. The van der Waals surface area contributed by atoms with Gasteiger partial charge in [0.15, 0.2) is 5.82 Å². The van der Waals surface area contributed by atoms with E-state index in [1.54, 1.807) is 12.1 Å². The zero-order valence-electron chi connectivity index (χ0n) is 8.94. The van der Waals surface area contributed by atoms with E-state index < -0.39 is 0 Å². The Bertz CT molecular complexity index is 461. The Kier molecular flexibility index (Phi) is 2.96. The minimum absolute atomic E-state index is 0.0361. The van der Waals surface area contributed by atoms with Crippen molar-refractivity contribution in [2.24, 2.45) is 5.73 Å². The summed E-state index contributed by atoms with van der Waals surface area (Å²) in [5.74, 6) is 1.04. The number of benzene rings is 1. The van der Waals surface area contributed by atoms with Gasteiger partial charge in [0.05, 0.1) is 0 Å². The standard InChI is InChI=1S/C11H13FN4/c1-7(13)6-10-14-11(16-15-10)8-2-4-9(12)5-3-8/h2-5,7H,6,13H2,1H3,(H,14,15,16). The van der Waals surface area contributed by atoms with E-state index in [9.17, 15) is 4.39 Å². The van der Waals surface area contributed by atoms with Gasteiger partial charge in [0.1, 0.15) is 11.6 Å². The van der Waals surface area contributed by atoms with Gasteiger partial charge in [-0.3, -0.25) is 5.10 Å². The molecule has 5 heteroatoms. The summed E-state index contributed by atoms with van der Waals surface area (Å²) < 4.78 is 12.7. The number of halogens is 1. The van der Waals surface area contributed by atoms with Crippen molar-refractivity contribution in [2.75, 3.05) is 0 Å². The van der Waals surface area contributed by atoms with E-state index >= 15 is 0 Å². The van der Waals surface area contributed by atoms with Crippen LogP contribution in [0.25, 0.3) is 11.4 Å². The molecule has 0 aliphatic carbocycles. The topological polar surface area (TPSA) is 67.6 Å². The Hall–Kier alpha value is -1.75. The SMILES string of the molecule is CC(N)Cc1nc(-c2ccc(F)cc2)n[nH]1. The Balaban J connectivity index is 2.21. The number of hydrogen-bond donors (Lipinski definition) is 2. The highest BCUT2D eigenvalue weighted by atomic mass is 19.1. The Morgan fingerprint density at radius 3 is 2.69 bits per heavy atom. The smallest absolute Gasteiger partial charge is 0.181 e. The molecular formula is C11H13FN4. The number of nitrogens with one attached hydrogen (secondary N) is 1. The molecule has 84 valence electrons. The van der Waals surface area contributed by atoms with Gasteiger partial charge in [-0.15, -0.1) is 0 Å². The van der Waals surface area contributed by atoms with Gasteiger partial charge >= 0.3 is 0 Å². The van der Waals surface area contributed by atoms with Gasteiger partial charge in [0.2, 0.25) is 0 Å². The van der Waals surface area contributed by atoms with Crippen molar-refractivity contribution >= 4 is 0 Å². The third kappa shape index (κ3) is 2.43. The molecule has 1 atom stereocenters. The lowest BCUT2D eigenvalue weighted by Crippen LogP contribution is -2.18. The first kappa shape index (κ1) is 10.8. The van der Waals surface area contributed by atoms with Crippen LogP contribution in [0.5, 0.6) is 0 Å². The number of H-pyrrole nitrogens is 1. The molecule has 0 fully saturated rings. The molecule has 2 aromatic rings. The van der Waals surface area contributed by atoms with E-state index in [1.807, 2.05) is 6.92 Å². The van der Waals surface area contributed by atoms with Gasteiger partial charge in [0.25, 0.3) is 0 Å². The Morgan fingerprint density at radius 1 is 1.38 bits per heavy atom. The zero-order valence-corrected chi connectivity index (χ0v) is 8.94. The van der Waals surface area contributed by atoms with Gasteiger partial charge in [-0.2, -0.15) is 5.10 Å². The number of nitrogens with two attached hydrogens (primary N) is 1. The third-order valence-corrected chi connectivity index (χ3v) is 2.15. The summed E-state index contributed by atoms with van der Waals surface area (Å²) in [5.41, 5.74) is 6.44. The fourth-order valence-corrected chi connectivity index (χ4v) is 1.42. The molecule has 0 amide bonds. The van der Waals surface area contributed by atoms with Crippen molar-refractivity contribution in [2.45, 2.75) is 19.4 Å². The zero-order chi connectivity index (χ0) is 11.5. The van der Waals surface area contributed by atoms with E-state index in [0.717, 1.165) is 11.4 Å². The molecule has 1 heterocycles. The molecule has 0 aliphatic heterocycles. The van der Waals surface area contributed by atoms with Crippen LogP contribution in [0.3, 0.4) is 0 Å². The normalized spacial score (nSPS) is 12.7. The van der Waals surface area contributed by atoms with Crippen LogP contribution in [0.15, 0.2) is 24.3 Å². The van der Waals surface area contributed by atoms with Crippen LogP contribution in [-0.2, 0) is 6.42 Å². The van der Waals surface area contributed by atoms with E-state index in [1.165, 1.54) is 12.1 Å². The molecule has 2 rings (SSSR count). The predicted molar refractivity (Wildman–Crippen MR) is 59.1 cm³/mol. The van der Waals surface area contributed by atoms with Crippen molar-refractivity contribution in [3.63, 3.8) is 0 Å². The molecule has 1 aromatic carbocycles. The first-order valence-electron chi connectivity index (χ1n) is 5.08. The maximum absolute atomic E-state index is 12.7. The molecule has 4 nitrogen and oxygen atoms in total. The van der Waals surface area contributed by atoms with E-state index in [0.29, 0.717) is 12.2 Å². The number of aromatic amines is 1. The van der Waals surface area contributed by atoms with Gasteiger partial charge < -0.3 is 5.73 Å².